The number of primary amides is 1. The maximum Gasteiger partial charge on any atom is 0.422 e. The zero-order valence-corrected chi connectivity index (χ0v) is 15.2. The molecule has 0 atom stereocenters. The minimum Gasteiger partial charge on any atom is -0.484 e. The van der Waals surface area contributed by atoms with Gasteiger partial charge in [-0.15, -0.1) is 0 Å². The average molecular weight is 398 g/mol. The Morgan fingerprint density at radius 2 is 1.89 bits per heavy atom. The van der Waals surface area contributed by atoms with Gasteiger partial charge in [-0.1, -0.05) is 12.1 Å². The number of carbonyl (C=O) groups is 1. The minimum absolute atomic E-state index is 0.0755. The molecule has 7 nitrogen and oxygen atoms in total. The first-order valence-electron chi connectivity index (χ1n) is 8.46. The quantitative estimate of drug-likeness (QED) is 0.469. The lowest BCUT2D eigenvalue weighted by atomic mass is 10.2. The van der Waals surface area contributed by atoms with Gasteiger partial charge < -0.3 is 25.5 Å². The molecule has 0 spiro atoms. The second-order valence-corrected chi connectivity index (χ2v) is 5.73. The number of ether oxygens (including phenoxy) is 1. The number of hydrogen-bond acceptors (Lipinski definition) is 4. The van der Waals surface area contributed by atoms with Crippen molar-refractivity contribution in [3.8, 4) is 5.75 Å². The fourth-order valence-electron chi connectivity index (χ4n) is 2.14. The normalized spacial score (nSPS) is 11.9. The molecule has 1 aromatic carbocycles. The largest absolute Gasteiger partial charge is 0.484 e. The van der Waals surface area contributed by atoms with Gasteiger partial charge >= 0.3 is 6.18 Å². The molecule has 0 bridgehead atoms. The molecule has 0 radical (unpaired) electrons. The lowest BCUT2D eigenvalue weighted by Crippen LogP contribution is -2.36. The van der Waals surface area contributed by atoms with Crippen LogP contribution in [0.4, 0.5) is 13.2 Å². The van der Waals surface area contributed by atoms with Crippen molar-refractivity contribution in [3.63, 3.8) is 0 Å². The number of alkyl halides is 3. The molecule has 0 saturated carbocycles. The lowest BCUT2D eigenvalue weighted by Gasteiger charge is -2.11. The van der Waals surface area contributed by atoms with Crippen molar-refractivity contribution in [1.82, 2.24) is 10.6 Å². The lowest BCUT2D eigenvalue weighted by molar-refractivity contribution is -0.153. The van der Waals surface area contributed by atoms with Gasteiger partial charge in [-0.2, -0.15) is 13.2 Å². The summed E-state index contributed by atoms with van der Waals surface area (Å²) in [6.07, 6.45) is -4.37. The van der Waals surface area contributed by atoms with Gasteiger partial charge in [0.05, 0.1) is 13.1 Å². The van der Waals surface area contributed by atoms with E-state index < -0.39 is 18.7 Å². The fraction of sp³-hybridized carbons (Fsp3) is 0.333. The molecule has 28 heavy (non-hydrogen) atoms. The zero-order valence-electron chi connectivity index (χ0n) is 15.2. The third kappa shape index (κ3) is 7.22. The van der Waals surface area contributed by atoms with Crippen LogP contribution < -0.4 is 21.1 Å². The van der Waals surface area contributed by atoms with E-state index in [9.17, 15) is 18.0 Å². The highest BCUT2D eigenvalue weighted by atomic mass is 19.4. The number of nitrogens with two attached hydrogens (primary N) is 1. The van der Waals surface area contributed by atoms with Crippen molar-refractivity contribution < 1.29 is 27.1 Å². The highest BCUT2D eigenvalue weighted by Gasteiger charge is 2.28. The molecule has 1 heterocycles. The number of halogens is 3. The Balaban J connectivity index is 1.91. The molecule has 0 aliphatic heterocycles. The number of carbonyl (C=O) groups excluding carboxylic acids is 1. The summed E-state index contributed by atoms with van der Waals surface area (Å²) < 4.78 is 46.4. The van der Waals surface area contributed by atoms with E-state index in [1.54, 1.807) is 18.2 Å². The van der Waals surface area contributed by atoms with Crippen molar-refractivity contribution in [3.05, 3.63) is 53.5 Å². The summed E-state index contributed by atoms with van der Waals surface area (Å²) in [5, 5.41) is 6.11. The van der Waals surface area contributed by atoms with Gasteiger partial charge in [0.25, 0.3) is 5.91 Å². The molecule has 0 saturated heterocycles. The van der Waals surface area contributed by atoms with E-state index >= 15 is 0 Å². The van der Waals surface area contributed by atoms with Crippen molar-refractivity contribution in [2.24, 2.45) is 10.7 Å². The first-order valence-corrected chi connectivity index (χ1v) is 8.46. The predicted molar refractivity (Wildman–Crippen MR) is 96.9 cm³/mol. The molecule has 0 aliphatic rings. The number of benzene rings is 1. The van der Waals surface area contributed by atoms with E-state index in [1.165, 1.54) is 18.2 Å². The molecule has 2 aromatic rings. The first-order chi connectivity index (χ1) is 13.3. The molecule has 10 heteroatoms. The van der Waals surface area contributed by atoms with Crippen molar-refractivity contribution >= 4 is 11.9 Å². The van der Waals surface area contributed by atoms with Gasteiger partial charge in [-0.05, 0) is 36.8 Å². The Kier molecular flexibility index (Phi) is 7.30. The molecule has 152 valence electrons. The van der Waals surface area contributed by atoms with Crippen molar-refractivity contribution in [1.29, 1.82) is 0 Å². The van der Waals surface area contributed by atoms with Crippen LogP contribution in [0.1, 0.15) is 28.8 Å². The molecule has 4 N–H and O–H groups in total. The van der Waals surface area contributed by atoms with Gasteiger partial charge in [0, 0.05) is 6.54 Å². The van der Waals surface area contributed by atoms with Crippen LogP contribution in [-0.2, 0) is 13.1 Å². The van der Waals surface area contributed by atoms with Crippen LogP contribution >= 0.6 is 0 Å². The molecule has 1 aromatic heterocycles. The molecule has 1 amide bonds. The number of aliphatic imine (C=N–C) groups is 1. The Morgan fingerprint density at radius 1 is 1.18 bits per heavy atom. The number of guanidine groups is 1. The van der Waals surface area contributed by atoms with Crippen molar-refractivity contribution in [2.45, 2.75) is 26.2 Å². The summed E-state index contributed by atoms with van der Waals surface area (Å²) in [5.74, 6) is 0.599. The highest BCUT2D eigenvalue weighted by molar-refractivity contribution is 5.89. The van der Waals surface area contributed by atoms with E-state index in [4.69, 9.17) is 10.2 Å². The van der Waals surface area contributed by atoms with Gasteiger partial charge in [0.2, 0.25) is 0 Å². The Bertz CT molecular complexity index is 801. The van der Waals surface area contributed by atoms with Gasteiger partial charge in [0.1, 0.15) is 11.5 Å². The number of furan rings is 1. The predicted octanol–water partition coefficient (Wildman–Crippen LogP) is 2.57. The highest BCUT2D eigenvalue weighted by Crippen LogP contribution is 2.19. The smallest absolute Gasteiger partial charge is 0.422 e. The number of nitrogens with zero attached hydrogens (tertiary/aromatic N) is 1. The average Bonchev–Trinajstić information content (AvgIpc) is 3.12. The van der Waals surface area contributed by atoms with Crippen LogP contribution in [0.15, 0.2) is 45.8 Å². The SMILES string of the molecule is CCNC(=NCc1ccc(OCC(F)(F)F)cc1)NCc1ccc(C(N)=O)o1. The number of hydrogen-bond donors (Lipinski definition) is 3. The van der Waals surface area contributed by atoms with E-state index in [0.29, 0.717) is 31.4 Å². The molecule has 0 unspecified atom stereocenters. The maximum atomic E-state index is 12.2. The van der Waals surface area contributed by atoms with E-state index in [0.717, 1.165) is 5.56 Å². The van der Waals surface area contributed by atoms with Crippen LogP contribution in [0.3, 0.4) is 0 Å². The molecular formula is C18H21F3N4O3. The van der Waals surface area contributed by atoms with E-state index in [-0.39, 0.29) is 11.5 Å². The summed E-state index contributed by atoms with van der Waals surface area (Å²) in [7, 11) is 0. The van der Waals surface area contributed by atoms with Crippen molar-refractivity contribution in [2.75, 3.05) is 13.2 Å². The monoisotopic (exact) mass is 398 g/mol. The summed E-state index contributed by atoms with van der Waals surface area (Å²) >= 11 is 0. The summed E-state index contributed by atoms with van der Waals surface area (Å²) in [6, 6.07) is 9.34. The third-order valence-electron chi connectivity index (χ3n) is 3.42. The number of rotatable bonds is 8. The standard InChI is InChI=1S/C18H21F3N4O3/c1-2-23-17(25-10-14-7-8-15(28-14)16(22)26)24-9-12-3-5-13(6-4-12)27-11-18(19,20)21/h3-8H,2,9-11H2,1H3,(H2,22,26)(H2,23,24,25). The van der Waals surface area contributed by atoms with Crippen LogP contribution in [0.2, 0.25) is 0 Å². The van der Waals surface area contributed by atoms with Crippen LogP contribution in [0.5, 0.6) is 5.75 Å². The summed E-state index contributed by atoms with van der Waals surface area (Å²) in [4.78, 5) is 15.4. The summed E-state index contributed by atoms with van der Waals surface area (Å²) in [6.45, 7) is 1.80. The van der Waals surface area contributed by atoms with Gasteiger partial charge in [-0.3, -0.25) is 4.79 Å². The van der Waals surface area contributed by atoms with E-state index in [2.05, 4.69) is 20.4 Å². The second kappa shape index (κ2) is 9.67. The zero-order chi connectivity index (χ0) is 20.6. The van der Waals surface area contributed by atoms with Crippen LogP contribution in [0, 0.1) is 0 Å². The molecule has 0 aliphatic carbocycles. The maximum absolute atomic E-state index is 12.2. The Hall–Kier alpha value is -3.17. The Morgan fingerprint density at radius 3 is 2.46 bits per heavy atom. The molecule has 2 rings (SSSR count). The molecular weight excluding hydrogens is 377 g/mol. The first kappa shape index (κ1) is 21.1. The van der Waals surface area contributed by atoms with E-state index in [1.807, 2.05) is 6.92 Å². The number of nitrogens with one attached hydrogen (secondary N) is 2. The Labute approximate surface area is 159 Å². The fourth-order valence-corrected chi connectivity index (χ4v) is 2.14. The number of amides is 1. The van der Waals surface area contributed by atoms with Crippen LogP contribution in [-0.4, -0.2) is 31.2 Å². The van der Waals surface area contributed by atoms with Gasteiger partial charge in [0.15, 0.2) is 18.3 Å². The second-order valence-electron chi connectivity index (χ2n) is 5.73. The summed E-state index contributed by atoms with van der Waals surface area (Å²) in [5.41, 5.74) is 5.94. The molecule has 0 fully saturated rings. The van der Waals surface area contributed by atoms with Gasteiger partial charge in [-0.25, -0.2) is 4.99 Å². The minimum atomic E-state index is -4.37. The van der Waals surface area contributed by atoms with Crippen LogP contribution in [0.25, 0.3) is 0 Å². The topological polar surface area (TPSA) is 102 Å². The third-order valence-corrected chi connectivity index (χ3v) is 3.42.